The van der Waals surface area contributed by atoms with Crippen molar-refractivity contribution in [3.8, 4) is 22.6 Å². The molecule has 0 aliphatic heterocycles. The number of rotatable bonds is 5. The van der Waals surface area contributed by atoms with Gasteiger partial charge in [-0.2, -0.15) is 13.2 Å². The van der Waals surface area contributed by atoms with E-state index >= 15 is 0 Å². The molecule has 0 spiro atoms. The summed E-state index contributed by atoms with van der Waals surface area (Å²) in [5.74, 6) is -1.37. The standard InChI is InChI=1S/C19H19ClF3N5O2S/c1-18(2,3)17-26-15(16(27-17)14-4-5-24-10-25-14)11-6-12(20)8-13(7-11)28-31(29,30)9-19(21,22)23/h4-8,10,28H,9H2,1-3H3,(H,26,27). The number of alkyl halides is 3. The zero-order valence-electron chi connectivity index (χ0n) is 16.7. The fourth-order valence-electron chi connectivity index (χ4n) is 2.78. The lowest BCUT2D eigenvalue weighted by molar-refractivity contribution is -0.106. The van der Waals surface area contributed by atoms with Crippen molar-refractivity contribution >= 4 is 27.3 Å². The largest absolute Gasteiger partial charge is 0.404 e. The molecule has 7 nitrogen and oxygen atoms in total. The van der Waals surface area contributed by atoms with Gasteiger partial charge < -0.3 is 4.98 Å². The molecule has 0 aliphatic rings. The molecule has 0 unspecified atom stereocenters. The number of sulfonamides is 1. The summed E-state index contributed by atoms with van der Waals surface area (Å²) < 4.78 is 63.4. The van der Waals surface area contributed by atoms with Crippen LogP contribution < -0.4 is 4.72 Å². The third-order valence-corrected chi connectivity index (χ3v) is 5.52. The van der Waals surface area contributed by atoms with E-state index in [1.54, 1.807) is 12.3 Å². The number of hydrogen-bond acceptors (Lipinski definition) is 5. The van der Waals surface area contributed by atoms with Gasteiger partial charge in [-0.3, -0.25) is 4.72 Å². The number of aromatic amines is 1. The minimum atomic E-state index is -4.88. The van der Waals surface area contributed by atoms with Crippen LogP contribution in [0.15, 0.2) is 36.8 Å². The number of nitrogens with one attached hydrogen (secondary N) is 2. The second-order valence-corrected chi connectivity index (χ2v) is 10.0. The lowest BCUT2D eigenvalue weighted by Gasteiger charge is -2.14. The van der Waals surface area contributed by atoms with E-state index in [0.717, 1.165) is 0 Å². The van der Waals surface area contributed by atoms with Gasteiger partial charge in [0.25, 0.3) is 0 Å². The highest BCUT2D eigenvalue weighted by atomic mass is 35.5. The number of imidazole rings is 1. The monoisotopic (exact) mass is 473 g/mol. The molecule has 0 saturated heterocycles. The molecule has 0 radical (unpaired) electrons. The Morgan fingerprint density at radius 3 is 2.45 bits per heavy atom. The zero-order valence-corrected chi connectivity index (χ0v) is 18.3. The Morgan fingerprint density at radius 2 is 1.87 bits per heavy atom. The lowest BCUT2D eigenvalue weighted by Crippen LogP contribution is -2.27. The maximum absolute atomic E-state index is 12.6. The molecular weight excluding hydrogens is 455 g/mol. The second kappa shape index (κ2) is 8.12. The van der Waals surface area contributed by atoms with Crippen LogP contribution in [0.4, 0.5) is 18.9 Å². The predicted octanol–water partition coefficient (Wildman–Crippen LogP) is 4.79. The fraction of sp³-hybridized carbons (Fsp3) is 0.316. The number of halogens is 4. The minimum absolute atomic E-state index is 0.110. The molecule has 0 fully saturated rings. The van der Waals surface area contributed by atoms with Crippen molar-refractivity contribution < 1.29 is 21.6 Å². The number of anilines is 1. The van der Waals surface area contributed by atoms with Crippen LogP contribution in [-0.2, 0) is 15.4 Å². The third kappa shape index (κ3) is 5.95. The van der Waals surface area contributed by atoms with E-state index in [1.807, 2.05) is 25.5 Å². The van der Waals surface area contributed by atoms with Gasteiger partial charge in [0.15, 0.2) is 5.75 Å². The van der Waals surface area contributed by atoms with Crippen molar-refractivity contribution in [2.75, 3.05) is 10.5 Å². The topological polar surface area (TPSA) is 101 Å². The Balaban J connectivity index is 2.10. The van der Waals surface area contributed by atoms with Crippen LogP contribution in [0.2, 0.25) is 5.02 Å². The molecule has 2 aromatic heterocycles. The molecule has 31 heavy (non-hydrogen) atoms. The molecule has 0 aliphatic carbocycles. The Bertz CT molecular complexity index is 1190. The van der Waals surface area contributed by atoms with Gasteiger partial charge in [0.2, 0.25) is 10.0 Å². The summed E-state index contributed by atoms with van der Waals surface area (Å²) in [6, 6.07) is 5.80. The Morgan fingerprint density at radius 1 is 1.16 bits per heavy atom. The average Bonchev–Trinajstić information content (AvgIpc) is 3.05. The summed E-state index contributed by atoms with van der Waals surface area (Å²) in [6.07, 6.45) is -1.96. The summed E-state index contributed by atoms with van der Waals surface area (Å²) in [4.78, 5) is 16.0. The normalized spacial score (nSPS) is 12.7. The van der Waals surface area contributed by atoms with E-state index in [2.05, 4.69) is 19.9 Å². The number of H-pyrrole nitrogens is 1. The van der Waals surface area contributed by atoms with E-state index in [9.17, 15) is 21.6 Å². The van der Waals surface area contributed by atoms with E-state index in [0.29, 0.717) is 28.5 Å². The van der Waals surface area contributed by atoms with Gasteiger partial charge in [0, 0.05) is 22.2 Å². The SMILES string of the molecule is CC(C)(C)c1nc(-c2cc(Cl)cc(NS(=O)(=O)CC(F)(F)F)c2)c(-c2ccncn2)[nH]1. The molecule has 0 amide bonds. The number of benzene rings is 1. The highest BCUT2D eigenvalue weighted by Crippen LogP contribution is 2.35. The number of hydrogen-bond donors (Lipinski definition) is 2. The number of aromatic nitrogens is 4. The molecular formula is C19H19ClF3N5O2S. The van der Waals surface area contributed by atoms with Gasteiger partial charge in [-0.15, -0.1) is 0 Å². The number of nitrogens with zero attached hydrogens (tertiary/aromatic N) is 3. The highest BCUT2D eigenvalue weighted by molar-refractivity contribution is 7.92. The van der Waals surface area contributed by atoms with Gasteiger partial charge in [0.05, 0.1) is 22.8 Å². The lowest BCUT2D eigenvalue weighted by atomic mass is 9.96. The van der Waals surface area contributed by atoms with Crippen molar-refractivity contribution in [2.24, 2.45) is 0 Å². The maximum Gasteiger partial charge on any atom is 0.404 e. The fourth-order valence-corrected chi connectivity index (χ4v) is 3.99. The van der Waals surface area contributed by atoms with E-state index in [1.165, 1.54) is 24.5 Å². The van der Waals surface area contributed by atoms with Crippen LogP contribution in [0.25, 0.3) is 22.6 Å². The molecule has 1 aromatic carbocycles. The van der Waals surface area contributed by atoms with Crippen LogP contribution in [0.5, 0.6) is 0 Å². The first kappa shape index (κ1) is 23.0. The minimum Gasteiger partial charge on any atom is -0.340 e. The Hall–Kier alpha value is -2.66. The zero-order chi connectivity index (χ0) is 23.0. The molecule has 0 atom stereocenters. The van der Waals surface area contributed by atoms with Crippen LogP contribution in [0.1, 0.15) is 26.6 Å². The molecule has 12 heteroatoms. The molecule has 0 saturated carbocycles. The molecule has 166 valence electrons. The van der Waals surface area contributed by atoms with Crippen LogP contribution in [0.3, 0.4) is 0 Å². The first-order valence-corrected chi connectivity index (χ1v) is 11.0. The van der Waals surface area contributed by atoms with Crippen LogP contribution in [-0.4, -0.2) is 40.3 Å². The first-order chi connectivity index (χ1) is 14.2. The van der Waals surface area contributed by atoms with Crippen molar-refractivity contribution in [3.63, 3.8) is 0 Å². The van der Waals surface area contributed by atoms with Crippen LogP contribution in [0, 0.1) is 0 Å². The van der Waals surface area contributed by atoms with Gasteiger partial charge in [-0.1, -0.05) is 32.4 Å². The summed E-state index contributed by atoms with van der Waals surface area (Å²) >= 11 is 6.14. The summed E-state index contributed by atoms with van der Waals surface area (Å²) in [5.41, 5.74) is 1.43. The van der Waals surface area contributed by atoms with Crippen molar-refractivity contribution in [3.05, 3.63) is 47.6 Å². The average molecular weight is 474 g/mol. The third-order valence-electron chi connectivity index (χ3n) is 4.05. The van der Waals surface area contributed by atoms with Crippen molar-refractivity contribution in [1.29, 1.82) is 0 Å². The maximum atomic E-state index is 12.6. The van der Waals surface area contributed by atoms with Gasteiger partial charge in [0.1, 0.15) is 12.2 Å². The smallest absolute Gasteiger partial charge is 0.340 e. The highest BCUT2D eigenvalue weighted by Gasteiger charge is 2.35. The van der Waals surface area contributed by atoms with E-state index < -0.39 is 22.0 Å². The molecule has 2 N–H and O–H groups in total. The predicted molar refractivity (Wildman–Crippen MR) is 112 cm³/mol. The van der Waals surface area contributed by atoms with Crippen LogP contribution >= 0.6 is 11.6 Å². The molecule has 3 aromatic rings. The Labute approximate surface area is 182 Å². The Kier molecular flexibility index (Phi) is 6.03. The molecule has 3 rings (SSSR count). The van der Waals surface area contributed by atoms with Crippen molar-refractivity contribution in [2.45, 2.75) is 32.4 Å². The van der Waals surface area contributed by atoms with Gasteiger partial charge >= 0.3 is 6.18 Å². The summed E-state index contributed by atoms with van der Waals surface area (Å²) in [7, 11) is -4.67. The van der Waals surface area contributed by atoms with Gasteiger partial charge in [-0.25, -0.2) is 23.4 Å². The van der Waals surface area contributed by atoms with Gasteiger partial charge in [-0.05, 0) is 24.3 Å². The first-order valence-electron chi connectivity index (χ1n) is 8.99. The molecule has 0 bridgehead atoms. The second-order valence-electron chi connectivity index (χ2n) is 7.86. The van der Waals surface area contributed by atoms with E-state index in [-0.39, 0.29) is 16.1 Å². The van der Waals surface area contributed by atoms with E-state index in [4.69, 9.17) is 11.6 Å². The van der Waals surface area contributed by atoms with Crippen molar-refractivity contribution in [1.82, 2.24) is 19.9 Å². The summed E-state index contributed by atoms with van der Waals surface area (Å²) in [6.45, 7) is 5.86. The molecule has 2 heterocycles. The summed E-state index contributed by atoms with van der Waals surface area (Å²) in [5, 5.41) is 0.121. The quantitative estimate of drug-likeness (QED) is 0.555.